The summed E-state index contributed by atoms with van der Waals surface area (Å²) in [6, 6.07) is 77.3. The Labute approximate surface area is 401 Å². The second-order valence-electron chi connectivity index (χ2n) is 18.7. The molecule has 1 heterocycles. The number of allylic oxidation sites excluding steroid dienone is 4. The molecule has 4 aliphatic carbocycles. The molecule has 0 aliphatic heterocycles. The molecule has 0 N–H and O–H groups in total. The lowest BCUT2D eigenvalue weighted by atomic mass is 9.51. The Morgan fingerprint density at radius 1 is 0.368 bits per heavy atom. The molecule has 2 spiro atoms. The van der Waals surface area contributed by atoms with Crippen LogP contribution in [-0.2, 0) is 10.8 Å². The minimum Gasteiger partial charge on any atom is -0.309 e. The van der Waals surface area contributed by atoms with Crippen molar-refractivity contribution in [3.05, 3.63) is 285 Å². The van der Waals surface area contributed by atoms with Crippen molar-refractivity contribution >= 4 is 27.4 Å². The number of aryl methyl sites for hydroxylation is 3. The predicted octanol–water partition coefficient (Wildman–Crippen LogP) is 17.2. The summed E-state index contributed by atoms with van der Waals surface area (Å²) in [4.78, 5) is 0. The van der Waals surface area contributed by atoms with Gasteiger partial charge in [-0.15, -0.1) is 0 Å². The summed E-state index contributed by atoms with van der Waals surface area (Å²) in [7, 11) is 0. The third kappa shape index (κ3) is 5.69. The molecule has 328 valence electrons. The lowest BCUT2D eigenvalue weighted by Gasteiger charge is -2.50. The molecule has 0 radical (unpaired) electrons. The molecule has 1 nitrogen and oxygen atoms in total. The van der Waals surface area contributed by atoms with Crippen molar-refractivity contribution < 1.29 is 0 Å². The topological polar surface area (TPSA) is 4.93 Å². The van der Waals surface area contributed by atoms with Gasteiger partial charge in [-0.2, -0.15) is 0 Å². The second-order valence-corrected chi connectivity index (χ2v) is 18.7. The van der Waals surface area contributed by atoms with Gasteiger partial charge in [0.2, 0.25) is 0 Å². The highest BCUT2D eigenvalue weighted by atomic mass is 15.0. The first-order valence-electron chi connectivity index (χ1n) is 24.6. The maximum Gasteiger partial charge on any atom is 0.0720 e. The van der Waals surface area contributed by atoms with E-state index in [-0.39, 0.29) is 0 Å². The van der Waals surface area contributed by atoms with Gasteiger partial charge in [-0.05, 0) is 152 Å². The van der Waals surface area contributed by atoms with Gasteiger partial charge in [-0.3, -0.25) is 0 Å². The van der Waals surface area contributed by atoms with E-state index in [0.29, 0.717) is 0 Å². The largest absolute Gasteiger partial charge is 0.309 e. The van der Waals surface area contributed by atoms with Crippen LogP contribution in [0.5, 0.6) is 0 Å². The van der Waals surface area contributed by atoms with Gasteiger partial charge in [0.1, 0.15) is 0 Å². The minimum absolute atomic E-state index is 0.416. The molecule has 1 atom stereocenters. The number of rotatable bonds is 2. The molecule has 0 saturated heterocycles. The van der Waals surface area contributed by atoms with Crippen molar-refractivity contribution in [3.63, 3.8) is 0 Å². The van der Waals surface area contributed by atoms with E-state index in [0.717, 1.165) is 12.8 Å². The van der Waals surface area contributed by atoms with E-state index in [2.05, 4.69) is 244 Å². The lowest BCUT2D eigenvalue weighted by Crippen LogP contribution is -2.44. The van der Waals surface area contributed by atoms with Crippen LogP contribution in [0.1, 0.15) is 87.9 Å². The number of nitrogens with zero attached hydrogens (tertiary/aromatic N) is 1. The van der Waals surface area contributed by atoms with E-state index in [1.807, 2.05) is 13.8 Å². The number of hydrogen-bond acceptors (Lipinski definition) is 0. The van der Waals surface area contributed by atoms with Crippen molar-refractivity contribution in [3.8, 4) is 27.9 Å². The average Bonchev–Trinajstić information content (AvgIpc) is 3.99. The van der Waals surface area contributed by atoms with Crippen LogP contribution in [-0.4, -0.2) is 4.57 Å². The third-order valence-electron chi connectivity index (χ3n) is 15.5. The Balaban J connectivity index is 0.000000257. The fraction of sp³-hybridized carbons (Fsp3) is 0.134. The van der Waals surface area contributed by atoms with Crippen molar-refractivity contribution in [2.45, 2.75) is 58.3 Å². The highest BCUT2D eigenvalue weighted by molar-refractivity contribution is 6.11. The third-order valence-corrected chi connectivity index (χ3v) is 15.5. The summed E-state index contributed by atoms with van der Waals surface area (Å²) in [5.74, 6) is 0. The van der Waals surface area contributed by atoms with E-state index in [9.17, 15) is 0 Å². The molecular weight excluding hydrogens is 819 g/mol. The summed E-state index contributed by atoms with van der Waals surface area (Å²) >= 11 is 0. The zero-order valence-electron chi connectivity index (χ0n) is 39.6. The maximum atomic E-state index is 2.63. The fourth-order valence-electron chi connectivity index (χ4n) is 12.8. The minimum atomic E-state index is -0.492. The first-order valence-corrected chi connectivity index (χ1v) is 24.6. The quantitative estimate of drug-likeness (QED) is 0.163. The van der Waals surface area contributed by atoms with E-state index in [1.54, 1.807) is 5.57 Å². The number of para-hydroxylation sites is 2. The van der Waals surface area contributed by atoms with E-state index < -0.39 is 10.8 Å². The van der Waals surface area contributed by atoms with Crippen molar-refractivity contribution in [2.24, 2.45) is 0 Å². The van der Waals surface area contributed by atoms with Crippen LogP contribution in [0.2, 0.25) is 0 Å². The normalized spacial score (nSPS) is 16.2. The summed E-state index contributed by atoms with van der Waals surface area (Å²) in [5, 5.41) is 2.60. The SMILES string of the molecule is CC.Cc1ccccc1-c1ccccc1C.Cc1ccccc1-n1c2ccccc2c2cc3c(cc21)C1(c2ccccc2-c2ccccc21)c1ccccc1C31C2=C(C=CCC2)c2ccccc21. The lowest BCUT2D eigenvalue weighted by molar-refractivity contribution is 0.607. The summed E-state index contributed by atoms with van der Waals surface area (Å²) in [5.41, 5.74) is 26.2. The molecule has 10 aromatic rings. The van der Waals surface area contributed by atoms with Crippen LogP contribution in [0.3, 0.4) is 0 Å². The van der Waals surface area contributed by atoms with Crippen molar-refractivity contribution in [1.82, 2.24) is 4.57 Å². The molecule has 9 aromatic carbocycles. The summed E-state index contributed by atoms with van der Waals surface area (Å²) in [6.07, 6.45) is 6.89. The van der Waals surface area contributed by atoms with Gasteiger partial charge in [-0.25, -0.2) is 0 Å². The Hall–Kier alpha value is -7.74. The number of fused-ring (bicyclic) bond motifs is 18. The number of benzene rings is 9. The van der Waals surface area contributed by atoms with Crippen molar-refractivity contribution in [2.75, 3.05) is 0 Å². The van der Waals surface area contributed by atoms with Crippen LogP contribution in [0.4, 0.5) is 0 Å². The Morgan fingerprint density at radius 2 is 0.824 bits per heavy atom. The van der Waals surface area contributed by atoms with Crippen LogP contribution in [0.15, 0.2) is 224 Å². The predicted molar refractivity (Wildman–Crippen MR) is 287 cm³/mol. The zero-order valence-corrected chi connectivity index (χ0v) is 39.6. The molecule has 0 fully saturated rings. The first kappa shape index (κ1) is 41.7. The van der Waals surface area contributed by atoms with Crippen LogP contribution in [0.25, 0.3) is 55.3 Å². The van der Waals surface area contributed by atoms with E-state index in [1.165, 1.54) is 117 Å². The standard InChI is InChI=1S/C51H35N.C14H14.C2H6/c1-32-16-2-14-28-47(32)52-48-29-15-7-21-37(48)38-30-45-46(31-49(38)52)51(41-24-10-5-19-35(41)36-20-6-11-25-42(36)51)44-27-13-12-26-43(44)50(45)39-22-8-3-17-33(39)34-18-4-9-23-40(34)50;1-11-7-3-5-9-13(11)14-10-6-4-8-12(14)2;1-2/h2-8,10-22,24-31H,9,23H2,1H3;3-10H,1-2H3;1-2H3. The molecule has 0 amide bonds. The summed E-state index contributed by atoms with van der Waals surface area (Å²) < 4.78 is 2.53. The van der Waals surface area contributed by atoms with Crippen LogP contribution < -0.4 is 0 Å². The van der Waals surface area contributed by atoms with Gasteiger partial charge in [0, 0.05) is 16.5 Å². The highest BCUT2D eigenvalue weighted by Gasteiger charge is 2.59. The number of hydrogen-bond donors (Lipinski definition) is 0. The van der Waals surface area contributed by atoms with Crippen molar-refractivity contribution in [1.29, 1.82) is 0 Å². The van der Waals surface area contributed by atoms with Gasteiger partial charge in [0.25, 0.3) is 0 Å². The number of aromatic nitrogens is 1. The maximum absolute atomic E-state index is 2.63. The molecule has 0 bridgehead atoms. The molecule has 0 saturated carbocycles. The molecule has 14 rings (SSSR count). The monoisotopic (exact) mass is 873 g/mol. The molecular formula is C67H55N. The Morgan fingerprint density at radius 3 is 1.43 bits per heavy atom. The van der Waals surface area contributed by atoms with Gasteiger partial charge >= 0.3 is 0 Å². The second kappa shape index (κ2) is 16.2. The van der Waals surface area contributed by atoms with Crippen LogP contribution >= 0.6 is 0 Å². The molecule has 68 heavy (non-hydrogen) atoms. The van der Waals surface area contributed by atoms with E-state index >= 15 is 0 Å². The van der Waals surface area contributed by atoms with Gasteiger partial charge < -0.3 is 4.57 Å². The molecule has 4 aliphatic rings. The van der Waals surface area contributed by atoms with E-state index in [4.69, 9.17) is 0 Å². The Bertz CT molecular complexity index is 3610. The first-order chi connectivity index (χ1) is 33.5. The highest BCUT2D eigenvalue weighted by Crippen LogP contribution is 2.68. The van der Waals surface area contributed by atoms with Gasteiger partial charge in [0.15, 0.2) is 0 Å². The van der Waals surface area contributed by atoms with Gasteiger partial charge in [0.05, 0.1) is 21.9 Å². The fourth-order valence-corrected chi connectivity index (χ4v) is 12.8. The Kier molecular flexibility index (Phi) is 9.96. The molecule has 1 aromatic heterocycles. The van der Waals surface area contributed by atoms with Crippen LogP contribution in [0, 0.1) is 20.8 Å². The summed E-state index contributed by atoms with van der Waals surface area (Å²) in [6.45, 7) is 10.5. The molecule has 1 heteroatoms. The smallest absolute Gasteiger partial charge is 0.0720 e. The molecule has 1 unspecified atom stereocenters. The zero-order chi connectivity index (χ0) is 46.1. The average molecular weight is 874 g/mol. The van der Waals surface area contributed by atoms with Gasteiger partial charge in [-0.1, -0.05) is 208 Å².